The van der Waals surface area contributed by atoms with Gasteiger partial charge in [-0.25, -0.2) is 0 Å². The molecule has 1 rings (SSSR count). The zero-order valence-corrected chi connectivity index (χ0v) is 12.5. The fraction of sp³-hybridized carbons (Fsp3) is 0. The van der Waals surface area contributed by atoms with Crippen molar-refractivity contribution in [3.8, 4) is 17.9 Å². The number of rotatable bonds is 2. The minimum atomic E-state index is -1.39. The number of benzene rings is 1. The molecule has 1 aromatic rings. The summed E-state index contributed by atoms with van der Waals surface area (Å²) in [6.07, 6.45) is 0. The van der Waals surface area contributed by atoms with E-state index in [0.29, 0.717) is 0 Å². The van der Waals surface area contributed by atoms with Crippen LogP contribution in [0.15, 0.2) is 0 Å². The Bertz CT molecular complexity index is 659. The van der Waals surface area contributed by atoms with E-state index in [-0.39, 0.29) is 51.4 Å². The van der Waals surface area contributed by atoms with Gasteiger partial charge in [-0.1, -0.05) is 0 Å². The Morgan fingerprint density at radius 3 is 1.74 bits per heavy atom. The second-order valence-electron chi connectivity index (χ2n) is 2.93. The molecule has 11 heteroatoms. The molecule has 0 fully saturated rings. The third-order valence-electron chi connectivity index (χ3n) is 2.03. The van der Waals surface area contributed by atoms with Crippen molar-refractivity contribution in [3.63, 3.8) is 0 Å². The summed E-state index contributed by atoms with van der Waals surface area (Å²) in [5.41, 5.74) is -0.158. The Kier molecular flexibility index (Phi) is 5.82. The van der Waals surface area contributed by atoms with Crippen LogP contribution >= 0.6 is 0 Å². The molecule has 0 saturated heterocycles. The van der Waals surface area contributed by atoms with Crippen molar-refractivity contribution in [3.05, 3.63) is 31.4 Å². The van der Waals surface area contributed by atoms with Crippen molar-refractivity contribution in [2.24, 2.45) is 0 Å². The first-order valence-electron chi connectivity index (χ1n) is 4.12. The first-order chi connectivity index (χ1) is 8.36. The van der Waals surface area contributed by atoms with Gasteiger partial charge in [0.2, 0.25) is 5.56 Å². The second kappa shape index (κ2) is 6.42. The minimum Gasteiger partial charge on any atom is -0.866 e. The summed E-state index contributed by atoms with van der Waals surface area (Å²) in [4.78, 5) is 18.9. The van der Waals surface area contributed by atoms with Gasteiger partial charge < -0.3 is 10.8 Å². The summed E-state index contributed by atoms with van der Waals surface area (Å²) in [6.45, 7) is 0. The number of nitrogens with zero attached hydrogens (tertiary/aromatic N) is 4. The van der Waals surface area contributed by atoms with Crippen LogP contribution in [0.25, 0.3) is 0 Å². The van der Waals surface area contributed by atoms with E-state index in [2.05, 4.69) is 0 Å². The Hall–Kier alpha value is -1.76. The number of nitrogens with two attached hydrogens (primary N) is 1. The molecule has 0 unspecified atom stereocenters. The normalized spacial score (nSPS) is 8.74. The van der Waals surface area contributed by atoms with Crippen LogP contribution in [0.3, 0.4) is 0 Å². The molecular weight excluding hydrogens is 285 g/mol. The van der Waals surface area contributed by atoms with Crippen molar-refractivity contribution in [1.29, 1.82) is 10.5 Å². The molecule has 2 N–H and O–H groups in total. The van der Waals surface area contributed by atoms with Crippen molar-refractivity contribution in [2.75, 3.05) is 5.73 Å². The maximum atomic E-state index is 11.5. The molecule has 19 heavy (non-hydrogen) atoms. The monoisotopic (exact) mass is 287 g/mol. The maximum absolute atomic E-state index is 11.5. The van der Waals surface area contributed by atoms with Crippen molar-refractivity contribution in [1.82, 2.24) is 0 Å². The van der Waals surface area contributed by atoms with Crippen LogP contribution in [-0.4, -0.2) is 9.85 Å². The summed E-state index contributed by atoms with van der Waals surface area (Å²) in [5, 5.41) is 50.2. The van der Waals surface area contributed by atoms with Gasteiger partial charge in [-0.15, -0.1) is 0 Å². The number of nitrogen functional groups attached to an aromatic ring is 1. The van der Waals surface area contributed by atoms with E-state index < -0.39 is 43.8 Å². The molecule has 0 aromatic heterocycles. The fourth-order valence-electron chi connectivity index (χ4n) is 1.30. The average molecular weight is 287 g/mol. The summed E-state index contributed by atoms with van der Waals surface area (Å²) < 4.78 is 0. The summed E-state index contributed by atoms with van der Waals surface area (Å²) in [6, 6.07) is 2.47. The number of nitriles is 2. The van der Waals surface area contributed by atoms with Crippen molar-refractivity contribution < 1.29 is 66.3 Å². The maximum Gasteiger partial charge on any atom is 1.00 e. The van der Waals surface area contributed by atoms with E-state index in [0.717, 1.165) is 0 Å². The molecule has 0 amide bonds. The van der Waals surface area contributed by atoms with Crippen molar-refractivity contribution >= 4 is 17.1 Å². The number of hydrogen-bond acceptors (Lipinski definition) is 8. The number of hydrogen-bond donors (Lipinski definition) is 1. The van der Waals surface area contributed by atoms with Crippen LogP contribution in [-0.2, 0) is 0 Å². The number of nitro benzene ring substituents is 2. The molecule has 0 spiro atoms. The standard InChI is InChI=1S/C8H3N5O5.K/c9-1-3-5(11)8(14)7(13(17)18)4(2-10)6(3)12(15)16;/h14H,11H2;/q;+1/p-1. The Morgan fingerprint density at radius 2 is 1.42 bits per heavy atom. The van der Waals surface area contributed by atoms with Gasteiger partial charge in [0.05, 0.1) is 15.5 Å². The molecule has 0 bridgehead atoms. The number of nitro groups is 2. The largest absolute Gasteiger partial charge is 1.00 e. The van der Waals surface area contributed by atoms with E-state index >= 15 is 0 Å². The molecule has 0 atom stereocenters. The number of anilines is 1. The SMILES string of the molecule is N#Cc1c(N)c([O-])c([N+](=O)[O-])c(C#N)c1[N+](=O)[O-].[K+]. The molecule has 10 nitrogen and oxygen atoms in total. The Morgan fingerprint density at radius 1 is 1.00 bits per heavy atom. The van der Waals surface area contributed by atoms with Gasteiger partial charge in [0, 0.05) is 0 Å². The van der Waals surface area contributed by atoms with Gasteiger partial charge in [-0.3, -0.25) is 20.2 Å². The van der Waals surface area contributed by atoms with E-state index in [1.165, 1.54) is 12.1 Å². The van der Waals surface area contributed by atoms with Crippen molar-refractivity contribution in [2.45, 2.75) is 0 Å². The second-order valence-corrected chi connectivity index (χ2v) is 2.93. The third kappa shape index (κ3) is 2.81. The third-order valence-corrected chi connectivity index (χ3v) is 2.03. The quantitative estimate of drug-likeness (QED) is 0.256. The average Bonchev–Trinajstić information content (AvgIpc) is 2.30. The topological polar surface area (TPSA) is 183 Å². The smallest absolute Gasteiger partial charge is 0.866 e. The first kappa shape index (κ1) is 17.2. The van der Waals surface area contributed by atoms with Crippen LogP contribution in [0, 0.1) is 42.9 Å². The van der Waals surface area contributed by atoms with Gasteiger partial charge in [0.1, 0.15) is 12.1 Å². The summed E-state index contributed by atoms with van der Waals surface area (Å²) in [7, 11) is 0. The van der Waals surface area contributed by atoms with Gasteiger partial charge in [-0.05, 0) is 5.75 Å². The predicted octanol–water partition coefficient (Wildman–Crippen LogP) is -3.09. The van der Waals surface area contributed by atoms with Gasteiger partial charge >= 0.3 is 57.1 Å². The van der Waals surface area contributed by atoms with Crippen LogP contribution in [0.2, 0.25) is 0 Å². The minimum absolute atomic E-state index is 0. The zero-order valence-electron chi connectivity index (χ0n) is 9.41. The van der Waals surface area contributed by atoms with Gasteiger partial charge in [-0.2, -0.15) is 10.5 Å². The molecule has 0 radical (unpaired) electrons. The van der Waals surface area contributed by atoms with E-state index in [4.69, 9.17) is 16.3 Å². The van der Waals surface area contributed by atoms with Crippen LogP contribution in [0.5, 0.6) is 5.75 Å². The van der Waals surface area contributed by atoms with Gasteiger partial charge in [0.15, 0.2) is 5.56 Å². The van der Waals surface area contributed by atoms with Crippen LogP contribution in [0.1, 0.15) is 11.1 Å². The predicted molar refractivity (Wildman–Crippen MR) is 53.0 cm³/mol. The fourth-order valence-corrected chi connectivity index (χ4v) is 1.30. The Labute approximate surface area is 147 Å². The van der Waals surface area contributed by atoms with E-state index in [9.17, 15) is 25.3 Å². The summed E-state index contributed by atoms with van der Waals surface area (Å²) >= 11 is 0. The van der Waals surface area contributed by atoms with Crippen LogP contribution in [0.4, 0.5) is 17.1 Å². The van der Waals surface area contributed by atoms with Gasteiger partial charge in [0.25, 0.3) is 5.69 Å². The molecule has 0 saturated carbocycles. The zero-order chi connectivity index (χ0) is 14.0. The first-order valence-corrected chi connectivity index (χ1v) is 4.12. The van der Waals surface area contributed by atoms with E-state index in [1.807, 2.05) is 0 Å². The summed E-state index contributed by atoms with van der Waals surface area (Å²) in [5.74, 6) is -1.39. The molecule has 90 valence electrons. The molecule has 0 aliphatic heterocycles. The molecule has 0 aliphatic carbocycles. The molecular formula is C8H2KN5O5. The molecule has 0 heterocycles. The Balaban J connectivity index is 0.00000324. The molecule has 0 aliphatic rings. The van der Waals surface area contributed by atoms with Crippen LogP contribution < -0.4 is 62.2 Å². The van der Waals surface area contributed by atoms with E-state index in [1.54, 1.807) is 0 Å². The molecule has 1 aromatic carbocycles.